The highest BCUT2D eigenvalue weighted by Gasteiger charge is 2.33. The van der Waals surface area contributed by atoms with E-state index in [0.717, 1.165) is 37.0 Å². The monoisotopic (exact) mass is 364 g/mol. The van der Waals surface area contributed by atoms with Crippen LogP contribution in [0, 0.1) is 23.7 Å². The van der Waals surface area contributed by atoms with E-state index in [4.69, 9.17) is 4.74 Å². The van der Waals surface area contributed by atoms with Crippen molar-refractivity contribution in [3.63, 3.8) is 0 Å². The average molecular weight is 365 g/mol. The van der Waals surface area contributed by atoms with Gasteiger partial charge in [0.05, 0.1) is 12.0 Å². The van der Waals surface area contributed by atoms with E-state index in [1.165, 1.54) is 77.0 Å². The van der Waals surface area contributed by atoms with Gasteiger partial charge in [0, 0.05) is 0 Å². The summed E-state index contributed by atoms with van der Waals surface area (Å²) in [6.45, 7) is 6.62. The van der Waals surface area contributed by atoms with Gasteiger partial charge in [-0.2, -0.15) is 0 Å². The second-order valence-corrected chi connectivity index (χ2v) is 9.28. The molecule has 0 radical (unpaired) electrons. The van der Waals surface area contributed by atoms with Gasteiger partial charge in [0.2, 0.25) is 0 Å². The van der Waals surface area contributed by atoms with Crippen LogP contribution >= 0.6 is 0 Å². The number of rotatable bonds is 10. The van der Waals surface area contributed by atoms with Crippen molar-refractivity contribution in [3.05, 3.63) is 0 Å². The minimum absolute atomic E-state index is 0.0955. The van der Waals surface area contributed by atoms with Crippen LogP contribution in [0.2, 0.25) is 0 Å². The molecule has 0 aromatic heterocycles. The molecule has 2 saturated carbocycles. The Morgan fingerprint density at radius 1 is 0.846 bits per heavy atom. The third-order valence-electron chi connectivity index (χ3n) is 7.14. The highest BCUT2D eigenvalue weighted by atomic mass is 16.5. The molecule has 0 aliphatic heterocycles. The quantitative estimate of drug-likeness (QED) is 0.300. The zero-order valence-corrected chi connectivity index (χ0v) is 17.8. The standard InChI is InChI=1S/C24H44O2/c1-4-6-7-8-10-19(3)26-24(25)23-17-15-22(16-18-23)21-13-11-20(9-5-2)12-14-21/h19-23H,4-18H2,1-3H3/t19-,20?,21?,22?,23?/m1/s1. The van der Waals surface area contributed by atoms with E-state index in [1.54, 1.807) is 0 Å². The smallest absolute Gasteiger partial charge is 0.309 e. The Morgan fingerprint density at radius 2 is 1.46 bits per heavy atom. The molecule has 0 bridgehead atoms. The second-order valence-electron chi connectivity index (χ2n) is 9.28. The summed E-state index contributed by atoms with van der Waals surface area (Å²) < 4.78 is 5.75. The fraction of sp³-hybridized carbons (Fsp3) is 0.958. The molecule has 2 aliphatic rings. The number of hydrogen-bond acceptors (Lipinski definition) is 2. The summed E-state index contributed by atoms with van der Waals surface area (Å²) in [5.41, 5.74) is 0. The molecule has 0 saturated heterocycles. The molecular formula is C24H44O2. The lowest BCUT2D eigenvalue weighted by atomic mass is 9.69. The van der Waals surface area contributed by atoms with Crippen LogP contribution < -0.4 is 0 Å². The Morgan fingerprint density at radius 3 is 2.04 bits per heavy atom. The summed E-state index contributed by atoms with van der Waals surface area (Å²) in [4.78, 5) is 12.5. The maximum atomic E-state index is 12.5. The first kappa shape index (κ1) is 21.8. The Labute approximate surface area is 162 Å². The molecule has 0 N–H and O–H groups in total. The number of carbonyl (C=O) groups is 1. The Kier molecular flexibility index (Phi) is 10.1. The first-order valence-electron chi connectivity index (χ1n) is 11.8. The van der Waals surface area contributed by atoms with E-state index in [1.807, 2.05) is 0 Å². The van der Waals surface area contributed by atoms with Gasteiger partial charge in [-0.3, -0.25) is 4.79 Å². The molecule has 1 atom stereocenters. The van der Waals surface area contributed by atoms with Gasteiger partial charge in [0.1, 0.15) is 0 Å². The Hall–Kier alpha value is -0.530. The molecule has 2 fully saturated rings. The molecule has 0 aromatic carbocycles. The minimum Gasteiger partial charge on any atom is -0.462 e. The Bertz CT molecular complexity index is 376. The Balaban J connectivity index is 1.62. The lowest BCUT2D eigenvalue weighted by molar-refractivity contribution is -0.155. The third kappa shape index (κ3) is 7.24. The van der Waals surface area contributed by atoms with Gasteiger partial charge < -0.3 is 4.74 Å². The third-order valence-corrected chi connectivity index (χ3v) is 7.14. The van der Waals surface area contributed by atoms with Crippen LogP contribution in [0.5, 0.6) is 0 Å². The van der Waals surface area contributed by atoms with Crippen LogP contribution in [0.1, 0.15) is 117 Å². The summed E-state index contributed by atoms with van der Waals surface area (Å²) >= 11 is 0. The van der Waals surface area contributed by atoms with E-state index in [9.17, 15) is 4.79 Å². The zero-order chi connectivity index (χ0) is 18.8. The molecule has 26 heavy (non-hydrogen) atoms. The predicted octanol–water partition coefficient (Wildman–Crippen LogP) is 7.30. The van der Waals surface area contributed by atoms with E-state index in [2.05, 4.69) is 20.8 Å². The molecule has 2 nitrogen and oxygen atoms in total. The number of unbranched alkanes of at least 4 members (excludes halogenated alkanes) is 3. The van der Waals surface area contributed by atoms with Gasteiger partial charge in [0.25, 0.3) is 0 Å². The van der Waals surface area contributed by atoms with Crippen LogP contribution in [0.3, 0.4) is 0 Å². The molecule has 0 spiro atoms. The topological polar surface area (TPSA) is 26.3 Å². The van der Waals surface area contributed by atoms with E-state index in [-0.39, 0.29) is 18.0 Å². The van der Waals surface area contributed by atoms with E-state index in [0.29, 0.717) is 0 Å². The van der Waals surface area contributed by atoms with Crippen LogP contribution in [0.4, 0.5) is 0 Å². The van der Waals surface area contributed by atoms with Crippen LogP contribution in [0.15, 0.2) is 0 Å². The van der Waals surface area contributed by atoms with Crippen LogP contribution in [-0.2, 0) is 9.53 Å². The second kappa shape index (κ2) is 12.0. The number of esters is 1. The summed E-state index contributed by atoms with van der Waals surface area (Å²) in [6, 6.07) is 0. The van der Waals surface area contributed by atoms with Crippen molar-refractivity contribution >= 4 is 5.97 Å². The number of ether oxygens (including phenoxy) is 1. The predicted molar refractivity (Wildman–Crippen MR) is 110 cm³/mol. The van der Waals surface area contributed by atoms with Crippen molar-refractivity contribution in [2.75, 3.05) is 0 Å². The lowest BCUT2D eigenvalue weighted by Crippen LogP contribution is -2.30. The maximum Gasteiger partial charge on any atom is 0.309 e. The first-order valence-corrected chi connectivity index (χ1v) is 11.8. The molecule has 0 amide bonds. The van der Waals surface area contributed by atoms with Gasteiger partial charge in [-0.25, -0.2) is 0 Å². The van der Waals surface area contributed by atoms with Crippen molar-refractivity contribution in [1.29, 1.82) is 0 Å². The van der Waals surface area contributed by atoms with Crippen LogP contribution in [0.25, 0.3) is 0 Å². The highest BCUT2D eigenvalue weighted by Crippen LogP contribution is 2.42. The molecule has 2 heteroatoms. The summed E-state index contributed by atoms with van der Waals surface area (Å²) in [7, 11) is 0. The summed E-state index contributed by atoms with van der Waals surface area (Å²) in [5, 5.41) is 0. The maximum absolute atomic E-state index is 12.5. The van der Waals surface area contributed by atoms with Gasteiger partial charge in [0.15, 0.2) is 0 Å². The van der Waals surface area contributed by atoms with Crippen molar-refractivity contribution in [3.8, 4) is 0 Å². The zero-order valence-electron chi connectivity index (χ0n) is 17.8. The van der Waals surface area contributed by atoms with Gasteiger partial charge in [-0.05, 0) is 76.0 Å². The fourth-order valence-corrected chi connectivity index (χ4v) is 5.39. The van der Waals surface area contributed by atoms with Gasteiger partial charge >= 0.3 is 5.97 Å². The average Bonchev–Trinajstić information content (AvgIpc) is 2.66. The SMILES string of the molecule is CCCCCC[C@@H](C)OC(=O)C1CCC(C2CCC(CCC)CC2)CC1. The number of hydrogen-bond donors (Lipinski definition) is 0. The number of carbonyl (C=O) groups excluding carboxylic acids is 1. The van der Waals surface area contributed by atoms with Crippen molar-refractivity contribution in [1.82, 2.24) is 0 Å². The summed E-state index contributed by atoms with van der Waals surface area (Å²) in [5.74, 6) is 3.10. The first-order chi connectivity index (χ1) is 12.6. The van der Waals surface area contributed by atoms with E-state index >= 15 is 0 Å². The van der Waals surface area contributed by atoms with Crippen molar-refractivity contribution in [2.24, 2.45) is 23.7 Å². The normalized spacial score (nSPS) is 30.7. The van der Waals surface area contributed by atoms with Crippen molar-refractivity contribution < 1.29 is 9.53 Å². The fourth-order valence-electron chi connectivity index (χ4n) is 5.39. The molecule has 152 valence electrons. The lowest BCUT2D eigenvalue weighted by Gasteiger charge is -2.37. The molecular weight excluding hydrogens is 320 g/mol. The van der Waals surface area contributed by atoms with Crippen LogP contribution in [-0.4, -0.2) is 12.1 Å². The summed E-state index contributed by atoms with van der Waals surface area (Å²) in [6.07, 6.45) is 19.4. The van der Waals surface area contributed by atoms with Crippen molar-refractivity contribution in [2.45, 2.75) is 123 Å². The van der Waals surface area contributed by atoms with Gasteiger partial charge in [-0.15, -0.1) is 0 Å². The van der Waals surface area contributed by atoms with E-state index < -0.39 is 0 Å². The minimum atomic E-state index is 0.0955. The molecule has 0 heterocycles. The highest BCUT2D eigenvalue weighted by molar-refractivity contribution is 5.72. The van der Waals surface area contributed by atoms with Gasteiger partial charge in [-0.1, -0.05) is 58.8 Å². The largest absolute Gasteiger partial charge is 0.462 e. The molecule has 0 aromatic rings. The molecule has 2 aliphatic carbocycles. The molecule has 2 rings (SSSR count). The molecule has 0 unspecified atom stereocenters.